The van der Waals surface area contributed by atoms with Crippen LogP contribution in [0.15, 0.2) is 24.3 Å². The first-order chi connectivity index (χ1) is 12.3. The summed E-state index contributed by atoms with van der Waals surface area (Å²) in [6.45, 7) is 9.36. The molecule has 0 atom stereocenters. The fraction of sp³-hybridized carbons (Fsp3) is 0.750. The van der Waals surface area contributed by atoms with Crippen molar-refractivity contribution < 1.29 is 0 Å². The molecule has 1 nitrogen and oxygen atoms in total. The Labute approximate surface area is 158 Å². The van der Waals surface area contributed by atoms with Crippen LogP contribution in [0.2, 0.25) is 0 Å². The summed E-state index contributed by atoms with van der Waals surface area (Å²) in [7, 11) is 0. The molecule has 0 bridgehead atoms. The highest BCUT2D eigenvalue weighted by Crippen LogP contribution is 2.24. The molecule has 0 aliphatic carbocycles. The van der Waals surface area contributed by atoms with Crippen LogP contribution in [0.1, 0.15) is 103 Å². The molecule has 0 radical (unpaired) electrons. The maximum Gasteiger partial charge on any atom is 0.0398 e. The van der Waals surface area contributed by atoms with E-state index in [-0.39, 0.29) is 0 Å². The Morgan fingerprint density at radius 1 is 0.600 bits per heavy atom. The zero-order valence-electron chi connectivity index (χ0n) is 17.4. The van der Waals surface area contributed by atoms with Crippen LogP contribution in [0.4, 0.5) is 5.69 Å². The van der Waals surface area contributed by atoms with E-state index >= 15 is 0 Å². The summed E-state index contributed by atoms with van der Waals surface area (Å²) in [5, 5.41) is 0. The molecule has 1 aromatic rings. The van der Waals surface area contributed by atoms with Crippen molar-refractivity contribution in [3.63, 3.8) is 0 Å². The van der Waals surface area contributed by atoms with E-state index in [2.05, 4.69) is 49.9 Å². The maximum absolute atomic E-state index is 2.69. The Hall–Kier alpha value is -0.980. The molecular weight excluding hydrogens is 302 g/mol. The van der Waals surface area contributed by atoms with E-state index in [1.807, 2.05) is 0 Å². The number of aryl methyl sites for hydroxylation is 1. The van der Waals surface area contributed by atoms with Gasteiger partial charge < -0.3 is 4.90 Å². The Bertz CT molecular complexity index is 400. The number of nitrogens with zero attached hydrogens (tertiary/aromatic N) is 1. The van der Waals surface area contributed by atoms with E-state index in [1.165, 1.54) is 102 Å². The normalized spacial score (nSPS) is 11.0. The van der Waals surface area contributed by atoms with Crippen molar-refractivity contribution in [3.05, 3.63) is 29.8 Å². The van der Waals surface area contributed by atoms with Gasteiger partial charge in [0.25, 0.3) is 0 Å². The van der Waals surface area contributed by atoms with Crippen molar-refractivity contribution in [1.82, 2.24) is 0 Å². The van der Waals surface area contributed by atoms with Crippen LogP contribution in [0.3, 0.4) is 0 Å². The van der Waals surface area contributed by atoms with Gasteiger partial charge in [0.2, 0.25) is 0 Å². The molecule has 0 unspecified atom stereocenters. The van der Waals surface area contributed by atoms with E-state index in [0.717, 1.165) is 0 Å². The first kappa shape index (κ1) is 22.1. The number of hydrogen-bond donors (Lipinski definition) is 0. The molecule has 1 heteroatoms. The number of hydrogen-bond acceptors (Lipinski definition) is 1. The van der Waals surface area contributed by atoms with Gasteiger partial charge in [-0.1, -0.05) is 96.8 Å². The third-order valence-corrected chi connectivity index (χ3v) is 5.20. The van der Waals surface area contributed by atoms with Crippen molar-refractivity contribution in [2.45, 2.75) is 104 Å². The first-order valence-corrected chi connectivity index (χ1v) is 11.2. The molecule has 0 aliphatic rings. The van der Waals surface area contributed by atoms with Gasteiger partial charge in [0.05, 0.1) is 0 Å². The predicted octanol–water partition coefficient (Wildman–Crippen LogP) is 7.78. The summed E-state index contributed by atoms with van der Waals surface area (Å²) >= 11 is 0. The largest absolute Gasteiger partial charge is 0.371 e. The molecule has 0 heterocycles. The Morgan fingerprint density at radius 3 is 1.68 bits per heavy atom. The fourth-order valence-corrected chi connectivity index (χ4v) is 3.58. The van der Waals surface area contributed by atoms with Gasteiger partial charge in [-0.3, -0.25) is 0 Å². The zero-order valence-corrected chi connectivity index (χ0v) is 17.4. The summed E-state index contributed by atoms with van der Waals surface area (Å²) in [5.41, 5.74) is 3.09. The van der Waals surface area contributed by atoms with Gasteiger partial charge in [-0.2, -0.15) is 0 Å². The summed E-state index contributed by atoms with van der Waals surface area (Å²) in [5.74, 6) is 0. The predicted molar refractivity (Wildman–Crippen MR) is 115 cm³/mol. The Morgan fingerprint density at radius 2 is 1.12 bits per heavy atom. The molecule has 144 valence electrons. The molecule has 0 aromatic heterocycles. The minimum atomic E-state index is 1.23. The highest BCUT2D eigenvalue weighted by molar-refractivity contribution is 5.53. The van der Waals surface area contributed by atoms with Gasteiger partial charge >= 0.3 is 0 Å². The van der Waals surface area contributed by atoms with Gasteiger partial charge in [-0.05, 0) is 37.3 Å². The minimum Gasteiger partial charge on any atom is -0.371 e. The number of benzene rings is 1. The van der Waals surface area contributed by atoms with Gasteiger partial charge in [-0.25, -0.2) is 0 Å². The highest BCUT2D eigenvalue weighted by atomic mass is 15.1. The van der Waals surface area contributed by atoms with Crippen LogP contribution in [0.5, 0.6) is 0 Å². The van der Waals surface area contributed by atoms with Crippen molar-refractivity contribution >= 4 is 5.69 Å². The van der Waals surface area contributed by atoms with Gasteiger partial charge in [0.1, 0.15) is 0 Å². The van der Waals surface area contributed by atoms with E-state index < -0.39 is 0 Å². The number of para-hydroxylation sites is 1. The van der Waals surface area contributed by atoms with Gasteiger partial charge in [0.15, 0.2) is 0 Å². The lowest BCUT2D eigenvalue weighted by atomic mass is 10.0. The van der Waals surface area contributed by atoms with Gasteiger partial charge in [-0.15, -0.1) is 0 Å². The fourth-order valence-electron chi connectivity index (χ4n) is 3.58. The average molecular weight is 346 g/mol. The quantitative estimate of drug-likeness (QED) is 0.276. The Kier molecular flexibility index (Phi) is 13.5. The third-order valence-electron chi connectivity index (χ3n) is 5.20. The molecule has 25 heavy (non-hydrogen) atoms. The molecule has 0 N–H and O–H groups in total. The second-order valence-corrected chi connectivity index (χ2v) is 7.55. The second kappa shape index (κ2) is 15.3. The molecule has 0 aliphatic heterocycles. The number of rotatable bonds is 16. The third kappa shape index (κ3) is 9.92. The lowest BCUT2D eigenvalue weighted by molar-refractivity contribution is 0.606. The summed E-state index contributed by atoms with van der Waals surface area (Å²) < 4.78 is 0. The molecular formula is C24H43N. The van der Waals surface area contributed by atoms with Crippen LogP contribution in [0.25, 0.3) is 0 Å². The summed E-state index contributed by atoms with van der Waals surface area (Å²) in [6.07, 6.45) is 17.5. The monoisotopic (exact) mass is 345 g/mol. The molecule has 0 fully saturated rings. The molecule has 0 saturated carbocycles. The zero-order chi connectivity index (χ0) is 18.2. The van der Waals surface area contributed by atoms with Crippen LogP contribution in [-0.2, 0) is 6.42 Å². The minimum absolute atomic E-state index is 1.23. The van der Waals surface area contributed by atoms with Crippen LogP contribution in [0, 0.1) is 0 Å². The molecule has 0 saturated heterocycles. The first-order valence-electron chi connectivity index (χ1n) is 11.2. The average Bonchev–Trinajstić information content (AvgIpc) is 2.64. The van der Waals surface area contributed by atoms with E-state index in [0.29, 0.717) is 0 Å². The SMILES string of the molecule is CCCCCCc1ccccc1N(CCCCCC)CCCCCC. The smallest absolute Gasteiger partial charge is 0.0398 e. The van der Waals surface area contributed by atoms with E-state index in [9.17, 15) is 0 Å². The van der Waals surface area contributed by atoms with E-state index in [1.54, 1.807) is 5.56 Å². The Balaban J connectivity index is 2.66. The second-order valence-electron chi connectivity index (χ2n) is 7.55. The summed E-state index contributed by atoms with van der Waals surface area (Å²) in [4.78, 5) is 2.69. The van der Waals surface area contributed by atoms with Gasteiger partial charge in [0, 0.05) is 18.8 Å². The van der Waals surface area contributed by atoms with Crippen LogP contribution < -0.4 is 4.90 Å². The van der Waals surface area contributed by atoms with Crippen molar-refractivity contribution in [2.24, 2.45) is 0 Å². The number of anilines is 1. The van der Waals surface area contributed by atoms with E-state index in [4.69, 9.17) is 0 Å². The molecule has 0 amide bonds. The lowest BCUT2D eigenvalue weighted by Crippen LogP contribution is -2.26. The molecule has 1 aromatic carbocycles. The molecule has 1 rings (SSSR count). The molecule has 0 spiro atoms. The maximum atomic E-state index is 2.69. The number of unbranched alkanes of at least 4 members (excludes halogenated alkanes) is 9. The van der Waals surface area contributed by atoms with Crippen molar-refractivity contribution in [1.29, 1.82) is 0 Å². The lowest BCUT2D eigenvalue weighted by Gasteiger charge is -2.27. The summed E-state index contributed by atoms with van der Waals surface area (Å²) in [6, 6.07) is 9.20. The standard InChI is InChI=1S/C24H43N/c1-4-7-10-13-18-23-19-14-15-20-24(23)25(21-16-11-8-5-2)22-17-12-9-6-3/h14-15,19-20H,4-13,16-18,21-22H2,1-3H3. The topological polar surface area (TPSA) is 3.24 Å². The van der Waals surface area contributed by atoms with Crippen LogP contribution >= 0.6 is 0 Å². The van der Waals surface area contributed by atoms with Crippen molar-refractivity contribution in [2.75, 3.05) is 18.0 Å². The highest BCUT2D eigenvalue weighted by Gasteiger charge is 2.10. The van der Waals surface area contributed by atoms with Crippen molar-refractivity contribution in [3.8, 4) is 0 Å². The van der Waals surface area contributed by atoms with Crippen LogP contribution in [-0.4, -0.2) is 13.1 Å².